The number of aromatic nitrogens is 1. The van der Waals surface area contributed by atoms with Crippen molar-refractivity contribution >= 4 is 11.3 Å². The minimum absolute atomic E-state index is 0.381. The Morgan fingerprint density at radius 1 is 1.16 bits per heavy atom. The fraction of sp³-hybridized carbons (Fsp3) is 0.438. The van der Waals surface area contributed by atoms with Gasteiger partial charge in [-0.1, -0.05) is 45.0 Å². The molecule has 0 fully saturated rings. The first-order valence-corrected chi connectivity index (χ1v) is 7.73. The summed E-state index contributed by atoms with van der Waals surface area (Å²) in [7, 11) is 0. The topological polar surface area (TPSA) is 24.9 Å². The van der Waals surface area contributed by atoms with Crippen molar-refractivity contribution in [1.82, 2.24) is 10.3 Å². The van der Waals surface area contributed by atoms with Gasteiger partial charge in [0.05, 0.1) is 0 Å². The van der Waals surface area contributed by atoms with Gasteiger partial charge in [-0.3, -0.25) is 0 Å². The van der Waals surface area contributed by atoms with E-state index in [1.807, 2.05) is 6.20 Å². The van der Waals surface area contributed by atoms with Gasteiger partial charge in [-0.25, -0.2) is 4.98 Å². The van der Waals surface area contributed by atoms with Crippen LogP contribution >= 0.6 is 11.3 Å². The minimum atomic E-state index is 0.381. The van der Waals surface area contributed by atoms with Crippen molar-refractivity contribution in [2.75, 3.05) is 6.54 Å². The van der Waals surface area contributed by atoms with Gasteiger partial charge in [-0.15, -0.1) is 11.3 Å². The molecule has 2 aromatic rings. The van der Waals surface area contributed by atoms with Crippen LogP contribution in [-0.2, 0) is 0 Å². The van der Waals surface area contributed by atoms with Gasteiger partial charge in [0.1, 0.15) is 5.01 Å². The average Bonchev–Trinajstić information content (AvgIpc) is 2.89. The van der Waals surface area contributed by atoms with Crippen molar-refractivity contribution in [2.45, 2.75) is 39.7 Å². The summed E-state index contributed by atoms with van der Waals surface area (Å²) in [6.07, 6.45) is 1.99. The Balaban J connectivity index is 2.18. The zero-order chi connectivity index (χ0) is 13.8. The number of thiazole rings is 1. The molecule has 0 amide bonds. The molecule has 2 nitrogen and oxygen atoms in total. The molecule has 0 aliphatic carbocycles. The molecule has 1 atom stereocenters. The fourth-order valence-corrected chi connectivity index (χ4v) is 2.99. The van der Waals surface area contributed by atoms with Crippen molar-refractivity contribution in [3.63, 3.8) is 0 Å². The third-order valence-electron chi connectivity index (χ3n) is 3.28. The van der Waals surface area contributed by atoms with Crippen LogP contribution in [0.15, 0.2) is 30.5 Å². The van der Waals surface area contributed by atoms with Crippen molar-refractivity contribution in [2.24, 2.45) is 0 Å². The molecule has 19 heavy (non-hydrogen) atoms. The molecule has 1 aromatic carbocycles. The van der Waals surface area contributed by atoms with Crippen molar-refractivity contribution in [1.29, 1.82) is 0 Å². The van der Waals surface area contributed by atoms with E-state index in [0.717, 1.165) is 11.6 Å². The average molecular weight is 274 g/mol. The van der Waals surface area contributed by atoms with E-state index in [1.54, 1.807) is 11.3 Å². The predicted octanol–water partition coefficient (Wildman–Crippen LogP) is 4.60. The first-order chi connectivity index (χ1) is 9.11. The molecular formula is C16H22N2S. The lowest BCUT2D eigenvalue weighted by atomic mass is 10.0. The lowest BCUT2D eigenvalue weighted by molar-refractivity contribution is 0.606. The van der Waals surface area contributed by atoms with Crippen LogP contribution in [0.1, 0.15) is 50.1 Å². The molecule has 0 aliphatic heterocycles. The standard InChI is InChI=1S/C16H22N2S/c1-5-17-12(4)15-10-18-16(19-15)14-8-6-13(7-9-14)11(2)3/h6-12,17H,5H2,1-4H3. The Morgan fingerprint density at radius 3 is 2.42 bits per heavy atom. The third-order valence-corrected chi connectivity index (χ3v) is 4.51. The quantitative estimate of drug-likeness (QED) is 0.861. The van der Waals surface area contributed by atoms with E-state index in [4.69, 9.17) is 0 Å². The van der Waals surface area contributed by atoms with E-state index in [0.29, 0.717) is 12.0 Å². The first-order valence-electron chi connectivity index (χ1n) is 6.91. The Labute approximate surface area is 119 Å². The maximum Gasteiger partial charge on any atom is 0.123 e. The molecule has 1 unspecified atom stereocenters. The van der Waals surface area contributed by atoms with Gasteiger partial charge in [0.25, 0.3) is 0 Å². The second kappa shape index (κ2) is 6.31. The summed E-state index contributed by atoms with van der Waals surface area (Å²) in [6.45, 7) is 9.73. The second-order valence-electron chi connectivity index (χ2n) is 5.12. The van der Waals surface area contributed by atoms with Gasteiger partial charge in [0, 0.05) is 22.7 Å². The molecule has 1 aromatic heterocycles. The Kier molecular flexibility index (Phi) is 4.72. The number of benzene rings is 1. The Morgan fingerprint density at radius 2 is 1.84 bits per heavy atom. The number of nitrogens with one attached hydrogen (secondary N) is 1. The summed E-state index contributed by atoms with van der Waals surface area (Å²) in [5, 5.41) is 4.53. The number of nitrogens with zero attached hydrogens (tertiary/aromatic N) is 1. The molecule has 2 rings (SSSR count). The van der Waals surface area contributed by atoms with Crippen LogP contribution in [0.2, 0.25) is 0 Å². The molecule has 3 heteroatoms. The van der Waals surface area contributed by atoms with Crippen LogP contribution in [0.5, 0.6) is 0 Å². The van der Waals surface area contributed by atoms with Gasteiger partial charge in [0.15, 0.2) is 0 Å². The smallest absolute Gasteiger partial charge is 0.123 e. The highest BCUT2D eigenvalue weighted by Crippen LogP contribution is 2.29. The lowest BCUT2D eigenvalue weighted by Gasteiger charge is -2.08. The Hall–Kier alpha value is -1.19. The van der Waals surface area contributed by atoms with E-state index in [1.165, 1.54) is 16.0 Å². The molecule has 1 heterocycles. The number of hydrogen-bond donors (Lipinski definition) is 1. The summed E-state index contributed by atoms with van der Waals surface area (Å²) in [6, 6.07) is 9.14. The van der Waals surface area contributed by atoms with Crippen LogP contribution in [-0.4, -0.2) is 11.5 Å². The minimum Gasteiger partial charge on any atom is -0.310 e. The molecule has 0 radical (unpaired) electrons. The normalized spacial score (nSPS) is 12.9. The van der Waals surface area contributed by atoms with E-state index >= 15 is 0 Å². The molecule has 0 saturated carbocycles. The largest absolute Gasteiger partial charge is 0.310 e. The van der Waals surface area contributed by atoms with Crippen LogP contribution in [0.3, 0.4) is 0 Å². The van der Waals surface area contributed by atoms with E-state index in [2.05, 4.69) is 62.3 Å². The van der Waals surface area contributed by atoms with Crippen LogP contribution < -0.4 is 5.32 Å². The zero-order valence-electron chi connectivity index (χ0n) is 12.1. The highest BCUT2D eigenvalue weighted by Gasteiger charge is 2.10. The second-order valence-corrected chi connectivity index (χ2v) is 6.19. The SMILES string of the molecule is CCNC(C)c1cnc(-c2ccc(C(C)C)cc2)s1. The summed E-state index contributed by atoms with van der Waals surface area (Å²) in [5.74, 6) is 0.578. The molecule has 1 N–H and O–H groups in total. The van der Waals surface area contributed by atoms with E-state index in [-0.39, 0.29) is 0 Å². The van der Waals surface area contributed by atoms with Crippen molar-refractivity contribution in [3.05, 3.63) is 40.9 Å². The fourth-order valence-electron chi connectivity index (χ4n) is 2.04. The van der Waals surface area contributed by atoms with Crippen LogP contribution in [0.25, 0.3) is 10.6 Å². The highest BCUT2D eigenvalue weighted by molar-refractivity contribution is 7.15. The predicted molar refractivity (Wildman–Crippen MR) is 83.7 cm³/mol. The molecule has 0 saturated heterocycles. The van der Waals surface area contributed by atoms with E-state index < -0.39 is 0 Å². The lowest BCUT2D eigenvalue weighted by Crippen LogP contribution is -2.16. The zero-order valence-corrected chi connectivity index (χ0v) is 12.9. The first kappa shape index (κ1) is 14.2. The Bertz CT molecular complexity index is 514. The molecule has 102 valence electrons. The molecule has 0 spiro atoms. The maximum atomic E-state index is 4.54. The maximum absolute atomic E-state index is 4.54. The van der Waals surface area contributed by atoms with Crippen LogP contribution in [0, 0.1) is 0 Å². The molecule has 0 bridgehead atoms. The summed E-state index contributed by atoms with van der Waals surface area (Å²) in [5.41, 5.74) is 2.59. The number of rotatable bonds is 5. The van der Waals surface area contributed by atoms with Crippen molar-refractivity contribution in [3.8, 4) is 10.6 Å². The number of hydrogen-bond acceptors (Lipinski definition) is 3. The monoisotopic (exact) mass is 274 g/mol. The third kappa shape index (κ3) is 3.43. The summed E-state index contributed by atoms with van der Waals surface area (Å²) >= 11 is 1.77. The van der Waals surface area contributed by atoms with Crippen molar-refractivity contribution < 1.29 is 0 Å². The van der Waals surface area contributed by atoms with Gasteiger partial charge in [-0.05, 0) is 24.9 Å². The van der Waals surface area contributed by atoms with Gasteiger partial charge >= 0.3 is 0 Å². The summed E-state index contributed by atoms with van der Waals surface area (Å²) < 4.78 is 0. The van der Waals surface area contributed by atoms with Crippen LogP contribution in [0.4, 0.5) is 0 Å². The van der Waals surface area contributed by atoms with Gasteiger partial charge < -0.3 is 5.32 Å². The van der Waals surface area contributed by atoms with Gasteiger partial charge in [0.2, 0.25) is 0 Å². The van der Waals surface area contributed by atoms with E-state index in [9.17, 15) is 0 Å². The molecule has 0 aliphatic rings. The van der Waals surface area contributed by atoms with Gasteiger partial charge in [-0.2, -0.15) is 0 Å². The molecular weight excluding hydrogens is 252 g/mol. The highest BCUT2D eigenvalue weighted by atomic mass is 32.1. The summed E-state index contributed by atoms with van der Waals surface area (Å²) in [4.78, 5) is 5.84.